The van der Waals surface area contributed by atoms with E-state index in [1.165, 1.54) is 23.4 Å². The summed E-state index contributed by atoms with van der Waals surface area (Å²) in [4.78, 5) is 19.7. The molecule has 1 saturated heterocycles. The van der Waals surface area contributed by atoms with Crippen LogP contribution in [0.15, 0.2) is 36.5 Å². The van der Waals surface area contributed by atoms with Crippen molar-refractivity contribution in [3.63, 3.8) is 0 Å². The molecule has 8 heteroatoms. The molecule has 148 valence electrons. The Hall–Kier alpha value is -3.44. The van der Waals surface area contributed by atoms with Crippen molar-refractivity contribution in [3.05, 3.63) is 69.2 Å². The number of imidazole rings is 1. The quantitative estimate of drug-likeness (QED) is 0.502. The lowest BCUT2D eigenvalue weighted by Crippen LogP contribution is -2.46. The number of hydrogen-bond donors (Lipinski definition) is 0. The molecule has 1 fully saturated rings. The molecule has 0 aliphatic carbocycles. The predicted octanol–water partition coefficient (Wildman–Crippen LogP) is 3.05. The number of rotatable bonds is 4. The maximum absolute atomic E-state index is 11.0. The Bertz CT molecular complexity index is 1120. The SMILES string of the molecule is Cc1ccn2c(CN3CCN(c4ccc([N+](=O)[O-])cc4C#N)CC3)c(C)nc2c1. The van der Waals surface area contributed by atoms with Crippen LogP contribution < -0.4 is 4.90 Å². The van der Waals surface area contributed by atoms with E-state index < -0.39 is 4.92 Å². The van der Waals surface area contributed by atoms with Gasteiger partial charge in [0.1, 0.15) is 11.7 Å². The molecule has 0 saturated carbocycles. The van der Waals surface area contributed by atoms with Gasteiger partial charge >= 0.3 is 0 Å². The number of non-ortho nitro benzene ring substituents is 1. The minimum Gasteiger partial charge on any atom is -0.368 e. The molecule has 0 N–H and O–H groups in total. The summed E-state index contributed by atoms with van der Waals surface area (Å²) in [6.45, 7) is 8.15. The second-order valence-electron chi connectivity index (χ2n) is 7.41. The summed E-state index contributed by atoms with van der Waals surface area (Å²) in [5.41, 5.74) is 5.46. The van der Waals surface area contributed by atoms with Crippen molar-refractivity contribution < 1.29 is 4.92 Å². The van der Waals surface area contributed by atoms with Gasteiger partial charge in [-0.2, -0.15) is 5.26 Å². The summed E-state index contributed by atoms with van der Waals surface area (Å²) >= 11 is 0. The highest BCUT2D eigenvalue weighted by Crippen LogP contribution is 2.26. The van der Waals surface area contributed by atoms with Gasteiger partial charge in [0.25, 0.3) is 5.69 Å². The highest BCUT2D eigenvalue weighted by molar-refractivity contribution is 5.63. The van der Waals surface area contributed by atoms with Gasteiger partial charge in [0.15, 0.2) is 0 Å². The lowest BCUT2D eigenvalue weighted by atomic mass is 10.1. The zero-order chi connectivity index (χ0) is 20.5. The lowest BCUT2D eigenvalue weighted by Gasteiger charge is -2.36. The lowest BCUT2D eigenvalue weighted by molar-refractivity contribution is -0.384. The van der Waals surface area contributed by atoms with E-state index in [-0.39, 0.29) is 5.69 Å². The monoisotopic (exact) mass is 390 g/mol. The van der Waals surface area contributed by atoms with Crippen LogP contribution in [0.25, 0.3) is 5.65 Å². The molecule has 0 spiro atoms. The van der Waals surface area contributed by atoms with Gasteiger partial charge in [-0.15, -0.1) is 0 Å². The van der Waals surface area contributed by atoms with E-state index in [1.54, 1.807) is 6.07 Å². The van der Waals surface area contributed by atoms with Crippen LogP contribution in [0.2, 0.25) is 0 Å². The molecule has 0 unspecified atom stereocenters. The number of anilines is 1. The fourth-order valence-electron chi connectivity index (χ4n) is 3.87. The number of nitrogens with zero attached hydrogens (tertiary/aromatic N) is 6. The Morgan fingerprint density at radius 1 is 1.17 bits per heavy atom. The van der Waals surface area contributed by atoms with E-state index in [1.807, 2.05) is 6.92 Å². The highest BCUT2D eigenvalue weighted by atomic mass is 16.6. The van der Waals surface area contributed by atoms with Gasteiger partial charge in [0.2, 0.25) is 0 Å². The third kappa shape index (κ3) is 3.65. The van der Waals surface area contributed by atoms with E-state index in [0.29, 0.717) is 5.56 Å². The van der Waals surface area contributed by atoms with Crippen LogP contribution in [0.4, 0.5) is 11.4 Å². The second-order valence-corrected chi connectivity index (χ2v) is 7.41. The van der Waals surface area contributed by atoms with Crippen molar-refractivity contribution >= 4 is 17.0 Å². The number of piperazine rings is 1. The van der Waals surface area contributed by atoms with Crippen LogP contribution in [-0.4, -0.2) is 45.4 Å². The van der Waals surface area contributed by atoms with Gasteiger partial charge in [-0.1, -0.05) is 0 Å². The second kappa shape index (κ2) is 7.53. The van der Waals surface area contributed by atoms with E-state index in [4.69, 9.17) is 0 Å². The maximum atomic E-state index is 11.0. The number of nitro benzene ring substituents is 1. The van der Waals surface area contributed by atoms with Crippen LogP contribution in [0.3, 0.4) is 0 Å². The first-order chi connectivity index (χ1) is 14.0. The molecule has 1 aliphatic rings. The van der Waals surface area contributed by atoms with E-state index in [2.05, 4.69) is 50.5 Å². The Labute approximate surface area is 168 Å². The minimum absolute atomic E-state index is 0.0535. The summed E-state index contributed by atoms with van der Waals surface area (Å²) in [5.74, 6) is 0. The smallest absolute Gasteiger partial charge is 0.270 e. The van der Waals surface area contributed by atoms with Crippen molar-refractivity contribution in [2.24, 2.45) is 0 Å². The summed E-state index contributed by atoms with van der Waals surface area (Å²) in [5, 5.41) is 20.4. The number of aryl methyl sites for hydroxylation is 2. The van der Waals surface area contributed by atoms with Gasteiger partial charge < -0.3 is 9.30 Å². The van der Waals surface area contributed by atoms with Crippen LogP contribution >= 0.6 is 0 Å². The largest absolute Gasteiger partial charge is 0.368 e. The fraction of sp³-hybridized carbons (Fsp3) is 0.333. The topological polar surface area (TPSA) is 90.7 Å². The number of pyridine rings is 1. The molecule has 1 aromatic carbocycles. The molecular formula is C21H22N6O2. The van der Waals surface area contributed by atoms with Crippen molar-refractivity contribution in [2.75, 3.05) is 31.1 Å². The average Bonchev–Trinajstić information content (AvgIpc) is 3.02. The molecule has 0 amide bonds. The Balaban J connectivity index is 1.48. The highest BCUT2D eigenvalue weighted by Gasteiger charge is 2.22. The molecule has 0 atom stereocenters. The Kier molecular flexibility index (Phi) is 4.91. The van der Waals surface area contributed by atoms with E-state index in [0.717, 1.165) is 49.8 Å². The average molecular weight is 390 g/mol. The number of nitro groups is 1. The number of aromatic nitrogens is 2. The number of benzene rings is 1. The number of nitriles is 1. The summed E-state index contributed by atoms with van der Waals surface area (Å²) in [6.07, 6.45) is 2.08. The molecule has 2 aromatic heterocycles. The number of hydrogen-bond acceptors (Lipinski definition) is 6. The van der Waals surface area contributed by atoms with E-state index in [9.17, 15) is 15.4 Å². The van der Waals surface area contributed by atoms with Crippen molar-refractivity contribution in [2.45, 2.75) is 20.4 Å². The summed E-state index contributed by atoms with van der Waals surface area (Å²) < 4.78 is 2.15. The third-order valence-corrected chi connectivity index (χ3v) is 5.48. The van der Waals surface area contributed by atoms with Crippen LogP contribution in [0.5, 0.6) is 0 Å². The van der Waals surface area contributed by atoms with Gasteiger partial charge in [0, 0.05) is 51.1 Å². The first-order valence-corrected chi connectivity index (χ1v) is 9.56. The van der Waals surface area contributed by atoms with Gasteiger partial charge in [-0.3, -0.25) is 15.0 Å². The first-order valence-electron chi connectivity index (χ1n) is 9.56. The van der Waals surface area contributed by atoms with Crippen LogP contribution in [-0.2, 0) is 6.54 Å². The molecule has 3 heterocycles. The Morgan fingerprint density at radius 2 is 1.93 bits per heavy atom. The zero-order valence-corrected chi connectivity index (χ0v) is 16.5. The van der Waals surface area contributed by atoms with Gasteiger partial charge in [0.05, 0.1) is 27.6 Å². The summed E-state index contributed by atoms with van der Waals surface area (Å²) in [6, 6.07) is 10.8. The molecule has 0 bridgehead atoms. The van der Waals surface area contributed by atoms with Crippen molar-refractivity contribution in [1.82, 2.24) is 14.3 Å². The molecule has 4 rings (SSSR count). The third-order valence-electron chi connectivity index (χ3n) is 5.48. The fourth-order valence-corrected chi connectivity index (χ4v) is 3.87. The molecule has 0 radical (unpaired) electrons. The standard InChI is InChI=1S/C21H22N6O2/c1-15-5-6-26-20(16(2)23-21(26)11-15)14-24-7-9-25(10-8-24)19-4-3-18(27(28)29)12-17(19)13-22/h3-6,11-12H,7-10,14H2,1-2H3. The van der Waals surface area contributed by atoms with Crippen LogP contribution in [0.1, 0.15) is 22.5 Å². The predicted molar refractivity (Wildman–Crippen MR) is 110 cm³/mol. The molecule has 8 nitrogen and oxygen atoms in total. The molecule has 1 aliphatic heterocycles. The number of fused-ring (bicyclic) bond motifs is 1. The van der Waals surface area contributed by atoms with E-state index >= 15 is 0 Å². The van der Waals surface area contributed by atoms with Crippen LogP contribution in [0, 0.1) is 35.3 Å². The van der Waals surface area contributed by atoms with Crippen molar-refractivity contribution in [3.8, 4) is 6.07 Å². The van der Waals surface area contributed by atoms with Crippen molar-refractivity contribution in [1.29, 1.82) is 5.26 Å². The maximum Gasteiger partial charge on any atom is 0.270 e. The zero-order valence-electron chi connectivity index (χ0n) is 16.5. The van der Waals surface area contributed by atoms with Gasteiger partial charge in [-0.25, -0.2) is 4.98 Å². The Morgan fingerprint density at radius 3 is 2.62 bits per heavy atom. The molecule has 29 heavy (non-hydrogen) atoms. The molecular weight excluding hydrogens is 368 g/mol. The molecule has 3 aromatic rings. The first kappa shape index (κ1) is 18.9. The minimum atomic E-state index is -0.470. The summed E-state index contributed by atoms with van der Waals surface area (Å²) in [7, 11) is 0. The normalized spacial score (nSPS) is 14.9. The van der Waals surface area contributed by atoms with Gasteiger partial charge in [-0.05, 0) is 37.6 Å².